The summed E-state index contributed by atoms with van der Waals surface area (Å²) < 4.78 is 13.0. The molecule has 1 N–H and O–H groups in total. The standard InChI is InChI=1S/C20H25N3O2/c1-5-23-18-9-7-6-8-17(18)22-20(23)14(2)21-13-15-12-16(24-3)10-11-19(15)25-4/h6-12,14,21H,5,13H2,1-4H3. The maximum absolute atomic E-state index is 5.46. The van der Waals surface area contributed by atoms with Crippen LogP contribution in [0.1, 0.15) is 31.3 Å². The fourth-order valence-electron chi connectivity index (χ4n) is 3.13. The molecule has 3 aromatic rings. The molecule has 0 aliphatic carbocycles. The first-order valence-corrected chi connectivity index (χ1v) is 8.57. The summed E-state index contributed by atoms with van der Waals surface area (Å²) in [6.45, 7) is 5.86. The third-order valence-corrected chi connectivity index (χ3v) is 4.47. The van der Waals surface area contributed by atoms with E-state index in [9.17, 15) is 0 Å². The zero-order valence-electron chi connectivity index (χ0n) is 15.2. The minimum absolute atomic E-state index is 0.114. The number of imidazole rings is 1. The van der Waals surface area contributed by atoms with Crippen LogP contribution in [0.2, 0.25) is 0 Å². The van der Waals surface area contributed by atoms with E-state index in [0.717, 1.165) is 34.9 Å². The van der Waals surface area contributed by atoms with E-state index in [1.807, 2.05) is 24.3 Å². The maximum Gasteiger partial charge on any atom is 0.126 e. The Hall–Kier alpha value is -2.53. The zero-order chi connectivity index (χ0) is 17.8. The van der Waals surface area contributed by atoms with E-state index in [4.69, 9.17) is 14.5 Å². The molecule has 0 aliphatic rings. The van der Waals surface area contributed by atoms with Gasteiger partial charge in [0.1, 0.15) is 17.3 Å². The van der Waals surface area contributed by atoms with Crippen molar-refractivity contribution in [3.05, 3.63) is 53.9 Å². The van der Waals surface area contributed by atoms with E-state index in [2.05, 4.69) is 41.9 Å². The third kappa shape index (κ3) is 3.46. The predicted molar refractivity (Wildman–Crippen MR) is 100 cm³/mol. The highest BCUT2D eigenvalue weighted by Crippen LogP contribution is 2.25. The van der Waals surface area contributed by atoms with Crippen molar-refractivity contribution >= 4 is 11.0 Å². The van der Waals surface area contributed by atoms with Crippen LogP contribution in [0.5, 0.6) is 11.5 Å². The number of ether oxygens (including phenoxy) is 2. The van der Waals surface area contributed by atoms with Crippen LogP contribution >= 0.6 is 0 Å². The highest BCUT2D eigenvalue weighted by molar-refractivity contribution is 5.76. The van der Waals surface area contributed by atoms with Crippen molar-refractivity contribution in [3.63, 3.8) is 0 Å². The molecule has 0 aliphatic heterocycles. The van der Waals surface area contributed by atoms with Crippen LogP contribution in [0.25, 0.3) is 11.0 Å². The number of rotatable bonds is 7. The Morgan fingerprint density at radius 3 is 2.64 bits per heavy atom. The number of nitrogens with zero attached hydrogens (tertiary/aromatic N) is 2. The first-order chi connectivity index (χ1) is 12.2. The molecule has 1 unspecified atom stereocenters. The van der Waals surface area contributed by atoms with Gasteiger partial charge in [-0.2, -0.15) is 0 Å². The lowest BCUT2D eigenvalue weighted by molar-refractivity contribution is 0.395. The fraction of sp³-hybridized carbons (Fsp3) is 0.350. The van der Waals surface area contributed by atoms with Gasteiger partial charge in [-0.1, -0.05) is 12.1 Å². The smallest absolute Gasteiger partial charge is 0.126 e. The van der Waals surface area contributed by atoms with Crippen LogP contribution in [0, 0.1) is 0 Å². The van der Waals surface area contributed by atoms with Crippen LogP contribution in [0.3, 0.4) is 0 Å². The van der Waals surface area contributed by atoms with Crippen molar-refractivity contribution in [2.45, 2.75) is 33.0 Å². The lowest BCUT2D eigenvalue weighted by Gasteiger charge is -2.17. The lowest BCUT2D eigenvalue weighted by atomic mass is 10.1. The summed E-state index contributed by atoms with van der Waals surface area (Å²) in [4.78, 5) is 4.82. The second-order valence-electron chi connectivity index (χ2n) is 5.98. The number of para-hydroxylation sites is 2. The summed E-state index contributed by atoms with van der Waals surface area (Å²) in [6, 6.07) is 14.2. The van der Waals surface area contributed by atoms with Crippen molar-refractivity contribution in [1.82, 2.24) is 14.9 Å². The van der Waals surface area contributed by atoms with E-state index in [1.165, 1.54) is 5.52 Å². The summed E-state index contributed by atoms with van der Waals surface area (Å²) >= 11 is 0. The molecule has 0 amide bonds. The van der Waals surface area contributed by atoms with Gasteiger partial charge in [0.2, 0.25) is 0 Å². The van der Waals surface area contributed by atoms with Crippen molar-refractivity contribution in [3.8, 4) is 11.5 Å². The molecule has 0 bridgehead atoms. The first-order valence-electron chi connectivity index (χ1n) is 8.57. The molecule has 5 heteroatoms. The van der Waals surface area contributed by atoms with E-state index in [1.54, 1.807) is 14.2 Å². The minimum atomic E-state index is 0.114. The maximum atomic E-state index is 5.46. The topological polar surface area (TPSA) is 48.3 Å². The lowest BCUT2D eigenvalue weighted by Crippen LogP contribution is -2.22. The minimum Gasteiger partial charge on any atom is -0.497 e. The second-order valence-corrected chi connectivity index (χ2v) is 5.98. The molecular weight excluding hydrogens is 314 g/mol. The van der Waals surface area contributed by atoms with Crippen molar-refractivity contribution in [2.75, 3.05) is 14.2 Å². The van der Waals surface area contributed by atoms with E-state index in [-0.39, 0.29) is 6.04 Å². The van der Waals surface area contributed by atoms with Gasteiger partial charge in [0, 0.05) is 18.7 Å². The Bertz CT molecular complexity index is 857. The number of methoxy groups -OCH3 is 2. The van der Waals surface area contributed by atoms with Gasteiger partial charge in [-0.05, 0) is 44.2 Å². The number of aryl methyl sites for hydroxylation is 1. The molecule has 0 saturated carbocycles. The van der Waals surface area contributed by atoms with Crippen LogP contribution in [-0.2, 0) is 13.1 Å². The molecule has 2 aromatic carbocycles. The SMILES string of the molecule is CCn1c(C(C)NCc2cc(OC)ccc2OC)nc2ccccc21. The fourth-order valence-corrected chi connectivity index (χ4v) is 3.13. The molecule has 0 spiro atoms. The molecular formula is C20H25N3O2. The van der Waals surface area contributed by atoms with Gasteiger partial charge < -0.3 is 19.4 Å². The number of fused-ring (bicyclic) bond motifs is 1. The van der Waals surface area contributed by atoms with Gasteiger partial charge >= 0.3 is 0 Å². The molecule has 1 heterocycles. The number of aromatic nitrogens is 2. The monoisotopic (exact) mass is 339 g/mol. The first kappa shape index (κ1) is 17.3. The van der Waals surface area contributed by atoms with Gasteiger partial charge in [-0.15, -0.1) is 0 Å². The van der Waals surface area contributed by atoms with Crippen molar-refractivity contribution < 1.29 is 9.47 Å². The molecule has 0 radical (unpaired) electrons. The second kappa shape index (κ2) is 7.57. The number of benzene rings is 2. The van der Waals surface area contributed by atoms with Crippen molar-refractivity contribution in [2.24, 2.45) is 0 Å². The summed E-state index contributed by atoms with van der Waals surface area (Å²) in [7, 11) is 3.36. The van der Waals surface area contributed by atoms with Gasteiger partial charge in [-0.25, -0.2) is 4.98 Å². The predicted octanol–water partition coefficient (Wildman–Crippen LogP) is 3.92. The van der Waals surface area contributed by atoms with Gasteiger partial charge in [0.25, 0.3) is 0 Å². The Morgan fingerprint density at radius 1 is 1.12 bits per heavy atom. The van der Waals surface area contributed by atoms with Gasteiger partial charge in [0.15, 0.2) is 0 Å². The Morgan fingerprint density at radius 2 is 1.92 bits per heavy atom. The molecule has 0 fully saturated rings. The van der Waals surface area contributed by atoms with E-state index < -0.39 is 0 Å². The average Bonchev–Trinajstić information content (AvgIpc) is 3.04. The van der Waals surface area contributed by atoms with E-state index >= 15 is 0 Å². The summed E-state index contributed by atoms with van der Waals surface area (Å²) in [5, 5.41) is 3.56. The quantitative estimate of drug-likeness (QED) is 0.709. The molecule has 0 saturated heterocycles. The van der Waals surface area contributed by atoms with Crippen LogP contribution in [0.4, 0.5) is 0 Å². The van der Waals surface area contributed by atoms with Crippen molar-refractivity contribution in [1.29, 1.82) is 0 Å². The molecule has 3 rings (SSSR count). The summed E-state index contributed by atoms with van der Waals surface area (Å²) in [6.07, 6.45) is 0. The normalized spacial score (nSPS) is 12.3. The summed E-state index contributed by atoms with van der Waals surface area (Å²) in [5.41, 5.74) is 3.27. The van der Waals surface area contributed by atoms with Gasteiger partial charge in [0.05, 0.1) is 31.3 Å². The average molecular weight is 339 g/mol. The van der Waals surface area contributed by atoms with Gasteiger partial charge in [-0.3, -0.25) is 0 Å². The van der Waals surface area contributed by atoms with Crippen LogP contribution in [-0.4, -0.2) is 23.8 Å². The van der Waals surface area contributed by atoms with Crippen LogP contribution in [0.15, 0.2) is 42.5 Å². The number of hydrogen-bond donors (Lipinski definition) is 1. The molecule has 132 valence electrons. The number of hydrogen-bond acceptors (Lipinski definition) is 4. The molecule has 1 aromatic heterocycles. The number of nitrogens with one attached hydrogen (secondary N) is 1. The zero-order valence-corrected chi connectivity index (χ0v) is 15.2. The molecule has 25 heavy (non-hydrogen) atoms. The Kier molecular flexibility index (Phi) is 5.24. The Balaban J connectivity index is 1.82. The van der Waals surface area contributed by atoms with Crippen LogP contribution < -0.4 is 14.8 Å². The largest absolute Gasteiger partial charge is 0.497 e. The molecule has 5 nitrogen and oxygen atoms in total. The molecule has 1 atom stereocenters. The Labute approximate surface area is 148 Å². The summed E-state index contributed by atoms with van der Waals surface area (Å²) in [5.74, 6) is 2.72. The highest BCUT2D eigenvalue weighted by atomic mass is 16.5. The highest BCUT2D eigenvalue weighted by Gasteiger charge is 2.16. The third-order valence-electron chi connectivity index (χ3n) is 4.47. The van der Waals surface area contributed by atoms with E-state index in [0.29, 0.717) is 6.54 Å².